The molecule has 9 heteroatoms. The van der Waals surface area contributed by atoms with Crippen LogP contribution in [0, 0.1) is 42.2 Å². The Labute approximate surface area is 137 Å². The molecule has 0 amide bonds. The lowest BCUT2D eigenvalue weighted by Crippen LogP contribution is -2.24. The number of hydrogen-bond acceptors (Lipinski definition) is 7. The molecule has 0 radical (unpaired) electrons. The van der Waals surface area contributed by atoms with Gasteiger partial charge in [0.2, 0.25) is 5.71 Å². The van der Waals surface area contributed by atoms with Crippen LogP contribution >= 0.6 is 0 Å². The first-order valence-electron chi connectivity index (χ1n) is 6.91. The van der Waals surface area contributed by atoms with Gasteiger partial charge >= 0.3 is 5.91 Å². The molecule has 1 heterocycles. The molecule has 9 nitrogen and oxygen atoms in total. The SMILES string of the molecule is Cc1nn(C(=O)C(C#N)=NNc2ccccc2[N+](=O)[O-])c(C)c1C. The van der Waals surface area contributed by atoms with Gasteiger partial charge in [-0.15, -0.1) is 0 Å². The van der Waals surface area contributed by atoms with Crippen LogP contribution in [0.5, 0.6) is 0 Å². The van der Waals surface area contributed by atoms with E-state index in [1.54, 1.807) is 26.0 Å². The van der Waals surface area contributed by atoms with Crippen LogP contribution in [0.25, 0.3) is 0 Å². The van der Waals surface area contributed by atoms with Crippen molar-refractivity contribution in [2.75, 3.05) is 5.43 Å². The summed E-state index contributed by atoms with van der Waals surface area (Å²) in [6, 6.07) is 7.47. The van der Waals surface area contributed by atoms with Crippen molar-refractivity contribution in [1.29, 1.82) is 5.26 Å². The van der Waals surface area contributed by atoms with Crippen molar-refractivity contribution in [3.8, 4) is 6.07 Å². The quantitative estimate of drug-likeness (QED) is 0.522. The van der Waals surface area contributed by atoms with E-state index in [9.17, 15) is 14.9 Å². The molecule has 0 aliphatic heterocycles. The zero-order valence-corrected chi connectivity index (χ0v) is 13.3. The summed E-state index contributed by atoms with van der Waals surface area (Å²) in [4.78, 5) is 22.7. The van der Waals surface area contributed by atoms with E-state index in [1.807, 2.05) is 6.92 Å². The third-order valence-corrected chi connectivity index (χ3v) is 3.54. The second-order valence-electron chi connectivity index (χ2n) is 4.97. The number of nitrogens with zero attached hydrogens (tertiary/aromatic N) is 5. The first-order chi connectivity index (χ1) is 11.4. The van der Waals surface area contributed by atoms with Gasteiger partial charge in [-0.1, -0.05) is 12.1 Å². The molecular formula is C15H14N6O3. The monoisotopic (exact) mass is 326 g/mol. The molecule has 1 aromatic carbocycles. The summed E-state index contributed by atoms with van der Waals surface area (Å²) in [5.41, 5.74) is 3.92. The van der Waals surface area contributed by atoms with Crippen LogP contribution in [0.3, 0.4) is 0 Å². The predicted octanol–water partition coefficient (Wildman–Crippen LogP) is 2.35. The topological polar surface area (TPSA) is 126 Å². The average Bonchev–Trinajstić information content (AvgIpc) is 2.83. The molecular weight excluding hydrogens is 312 g/mol. The minimum absolute atomic E-state index is 0.0765. The van der Waals surface area contributed by atoms with Crippen LogP contribution in [0.4, 0.5) is 11.4 Å². The number of hydrogen-bond donors (Lipinski definition) is 1. The minimum atomic E-state index is -0.711. The summed E-state index contributed by atoms with van der Waals surface area (Å²) in [7, 11) is 0. The molecule has 0 atom stereocenters. The fourth-order valence-electron chi connectivity index (χ4n) is 1.98. The fourth-order valence-corrected chi connectivity index (χ4v) is 1.98. The van der Waals surface area contributed by atoms with Gasteiger partial charge in [0, 0.05) is 11.8 Å². The molecule has 0 aliphatic rings. The number of rotatable bonds is 4. The van der Waals surface area contributed by atoms with Gasteiger partial charge in [0.1, 0.15) is 11.8 Å². The third-order valence-electron chi connectivity index (χ3n) is 3.54. The smallest absolute Gasteiger partial charge is 0.270 e. The number of carbonyl (C=O) groups is 1. The molecule has 0 unspecified atom stereocenters. The molecule has 0 bridgehead atoms. The Bertz CT molecular complexity index is 891. The fraction of sp³-hybridized carbons (Fsp3) is 0.200. The molecule has 0 aliphatic carbocycles. The van der Waals surface area contributed by atoms with Gasteiger partial charge in [-0.25, -0.2) is 0 Å². The van der Waals surface area contributed by atoms with Gasteiger partial charge in [0.15, 0.2) is 0 Å². The minimum Gasteiger partial charge on any atom is -0.270 e. The summed E-state index contributed by atoms with van der Waals surface area (Å²) in [5.74, 6) is -0.711. The highest BCUT2D eigenvalue weighted by Gasteiger charge is 2.20. The highest BCUT2D eigenvalue weighted by molar-refractivity contribution is 6.45. The molecule has 1 aromatic heterocycles. The van der Waals surface area contributed by atoms with Gasteiger partial charge in [0.05, 0.1) is 10.6 Å². The summed E-state index contributed by atoms with van der Waals surface area (Å²) in [6.45, 7) is 5.27. The van der Waals surface area contributed by atoms with Crippen LogP contribution in [0.2, 0.25) is 0 Å². The van der Waals surface area contributed by atoms with E-state index in [4.69, 9.17) is 5.26 Å². The number of carbonyl (C=O) groups excluding carboxylic acids is 1. The number of benzene rings is 1. The van der Waals surface area contributed by atoms with E-state index < -0.39 is 16.5 Å². The Balaban J connectivity index is 2.34. The molecule has 2 rings (SSSR count). The standard InChI is InChI=1S/C15H14N6O3/c1-9-10(2)19-20(11(9)3)15(22)13(8-16)18-17-12-6-4-5-7-14(12)21(23)24/h4-7,17H,1-3H3. The normalized spacial score (nSPS) is 11.0. The molecule has 0 spiro atoms. The lowest BCUT2D eigenvalue weighted by molar-refractivity contribution is -0.384. The number of nitro groups is 1. The zero-order chi connectivity index (χ0) is 17.9. The molecule has 0 saturated carbocycles. The maximum atomic E-state index is 12.4. The molecule has 0 fully saturated rings. The van der Waals surface area contributed by atoms with Crippen molar-refractivity contribution < 1.29 is 9.72 Å². The highest BCUT2D eigenvalue weighted by Crippen LogP contribution is 2.23. The van der Waals surface area contributed by atoms with Crippen LogP contribution in [-0.4, -0.2) is 26.3 Å². The van der Waals surface area contributed by atoms with Crippen molar-refractivity contribution in [3.05, 3.63) is 51.3 Å². The van der Waals surface area contributed by atoms with Crippen LogP contribution < -0.4 is 5.43 Å². The van der Waals surface area contributed by atoms with Crippen LogP contribution in [0.1, 0.15) is 21.7 Å². The molecule has 0 saturated heterocycles. The van der Waals surface area contributed by atoms with Gasteiger partial charge in [0.25, 0.3) is 5.69 Å². The Morgan fingerprint density at radius 3 is 2.58 bits per heavy atom. The summed E-state index contributed by atoms with van der Waals surface area (Å²) < 4.78 is 1.09. The maximum absolute atomic E-state index is 12.4. The summed E-state index contributed by atoms with van der Waals surface area (Å²) in [6.07, 6.45) is 0. The summed E-state index contributed by atoms with van der Waals surface area (Å²) >= 11 is 0. The number of para-hydroxylation sites is 2. The Kier molecular flexibility index (Phi) is 4.70. The lowest BCUT2D eigenvalue weighted by Gasteiger charge is -2.04. The van der Waals surface area contributed by atoms with Crippen molar-refractivity contribution in [2.24, 2.45) is 5.10 Å². The van der Waals surface area contributed by atoms with E-state index in [1.165, 1.54) is 18.2 Å². The van der Waals surface area contributed by atoms with Crippen molar-refractivity contribution in [1.82, 2.24) is 9.78 Å². The van der Waals surface area contributed by atoms with E-state index in [0.717, 1.165) is 10.2 Å². The Hall–Kier alpha value is -3.54. The highest BCUT2D eigenvalue weighted by atomic mass is 16.6. The van der Waals surface area contributed by atoms with Gasteiger partial charge in [-0.05, 0) is 32.4 Å². The van der Waals surface area contributed by atoms with Crippen LogP contribution in [0.15, 0.2) is 29.4 Å². The average molecular weight is 326 g/mol. The number of nitro benzene ring substituents is 1. The maximum Gasteiger partial charge on any atom is 0.309 e. The Morgan fingerprint density at radius 2 is 2.04 bits per heavy atom. The number of nitriles is 1. The van der Waals surface area contributed by atoms with Crippen molar-refractivity contribution >= 4 is 23.0 Å². The molecule has 122 valence electrons. The molecule has 24 heavy (non-hydrogen) atoms. The van der Waals surface area contributed by atoms with Gasteiger partial charge in [-0.3, -0.25) is 20.3 Å². The summed E-state index contributed by atoms with van der Waals surface area (Å²) in [5, 5.41) is 27.9. The lowest BCUT2D eigenvalue weighted by atomic mass is 10.2. The number of aromatic nitrogens is 2. The number of hydrazone groups is 1. The van der Waals surface area contributed by atoms with Crippen molar-refractivity contribution in [3.63, 3.8) is 0 Å². The number of nitrogens with one attached hydrogen (secondary N) is 1. The largest absolute Gasteiger partial charge is 0.309 e. The predicted molar refractivity (Wildman–Crippen MR) is 86.8 cm³/mol. The van der Waals surface area contributed by atoms with Crippen LogP contribution in [-0.2, 0) is 0 Å². The second-order valence-corrected chi connectivity index (χ2v) is 4.97. The first kappa shape index (κ1) is 16.8. The molecule has 1 N–H and O–H groups in total. The van der Waals surface area contributed by atoms with E-state index in [-0.39, 0.29) is 11.4 Å². The Morgan fingerprint density at radius 1 is 1.38 bits per heavy atom. The number of anilines is 1. The van der Waals surface area contributed by atoms with E-state index in [2.05, 4.69) is 15.6 Å². The zero-order valence-electron chi connectivity index (χ0n) is 13.3. The molecule has 2 aromatic rings. The second kappa shape index (κ2) is 6.70. The van der Waals surface area contributed by atoms with E-state index >= 15 is 0 Å². The van der Waals surface area contributed by atoms with Gasteiger partial charge in [-0.2, -0.15) is 20.1 Å². The van der Waals surface area contributed by atoms with Gasteiger partial charge < -0.3 is 0 Å². The van der Waals surface area contributed by atoms with Crippen molar-refractivity contribution in [2.45, 2.75) is 20.8 Å². The third kappa shape index (κ3) is 3.12. The first-order valence-corrected chi connectivity index (χ1v) is 6.91. The number of aryl methyl sites for hydroxylation is 1. The van der Waals surface area contributed by atoms with E-state index in [0.29, 0.717) is 11.4 Å².